The van der Waals surface area contributed by atoms with Gasteiger partial charge in [-0.15, -0.1) is 0 Å². The second-order valence-electron chi connectivity index (χ2n) is 5.69. The number of halogens is 1. The number of ether oxygens (including phenoxy) is 2. The maximum Gasteiger partial charge on any atom is 0.513 e. The van der Waals surface area contributed by atoms with Crippen molar-refractivity contribution < 1.29 is 24.1 Å². The number of nitrogens with zero attached hydrogens (tertiary/aromatic N) is 2. The first-order valence-corrected chi connectivity index (χ1v) is 7.85. The molecule has 0 radical (unpaired) electrons. The van der Waals surface area contributed by atoms with E-state index in [-0.39, 0.29) is 22.0 Å². The topological polar surface area (TPSA) is 134 Å². The van der Waals surface area contributed by atoms with Crippen LogP contribution in [-0.2, 0) is 9.47 Å². The fourth-order valence-corrected chi connectivity index (χ4v) is 3.20. The van der Waals surface area contributed by atoms with Gasteiger partial charge in [-0.1, -0.05) is 11.6 Å². The van der Waals surface area contributed by atoms with Crippen molar-refractivity contribution in [2.45, 2.75) is 31.8 Å². The average molecular weight is 386 g/mol. The van der Waals surface area contributed by atoms with Crippen molar-refractivity contribution in [2.24, 2.45) is 0 Å². The Hall–Kier alpha value is -2.88. The molecular weight excluding hydrogens is 370 g/mol. The molecule has 0 saturated carbocycles. The van der Waals surface area contributed by atoms with E-state index in [1.165, 1.54) is 12.1 Å². The second-order valence-corrected chi connectivity index (χ2v) is 6.13. The van der Waals surface area contributed by atoms with E-state index in [4.69, 9.17) is 16.3 Å². The van der Waals surface area contributed by atoms with E-state index in [9.17, 15) is 25.0 Å². The van der Waals surface area contributed by atoms with Gasteiger partial charge in [-0.25, -0.2) is 4.79 Å². The molecule has 0 fully saturated rings. The molecule has 0 spiro atoms. The number of nitro benzene ring substituents is 1. The van der Waals surface area contributed by atoms with Gasteiger partial charge < -0.3 is 14.8 Å². The third-order valence-corrected chi connectivity index (χ3v) is 4.31. The van der Waals surface area contributed by atoms with Gasteiger partial charge in [-0.2, -0.15) is 0 Å². The van der Waals surface area contributed by atoms with Gasteiger partial charge in [-0.3, -0.25) is 20.2 Å². The van der Waals surface area contributed by atoms with Gasteiger partial charge in [0.2, 0.25) is 6.04 Å². The summed E-state index contributed by atoms with van der Waals surface area (Å²) in [7, 11) is 1.08. The number of nitro groups is 2. The highest BCUT2D eigenvalue weighted by Crippen LogP contribution is 2.41. The normalized spacial score (nSPS) is 22.4. The first-order valence-electron chi connectivity index (χ1n) is 7.47. The Labute approximate surface area is 153 Å². The molecule has 1 aliphatic rings. The maximum atomic E-state index is 11.7. The Morgan fingerprint density at radius 2 is 1.96 bits per heavy atom. The lowest BCUT2D eigenvalue weighted by Crippen LogP contribution is -2.50. The molecule has 3 atom stereocenters. The SMILES string of the molecule is COC(=O)OC1=C(C)NC(C)C([N+](=O)[O-])C1c1cc(Cl)ccc1[N+](=O)[O-]. The molecule has 26 heavy (non-hydrogen) atoms. The van der Waals surface area contributed by atoms with Crippen LogP contribution in [0.15, 0.2) is 29.7 Å². The summed E-state index contributed by atoms with van der Waals surface area (Å²) in [6.07, 6.45) is -1.09. The second kappa shape index (κ2) is 7.56. The summed E-state index contributed by atoms with van der Waals surface area (Å²) in [4.78, 5) is 33.5. The van der Waals surface area contributed by atoms with Gasteiger partial charge in [0.1, 0.15) is 11.7 Å². The van der Waals surface area contributed by atoms with Gasteiger partial charge >= 0.3 is 6.16 Å². The summed E-state index contributed by atoms with van der Waals surface area (Å²) in [5.74, 6) is -1.33. The van der Waals surface area contributed by atoms with Crippen molar-refractivity contribution >= 4 is 23.4 Å². The zero-order chi connectivity index (χ0) is 19.6. The summed E-state index contributed by atoms with van der Waals surface area (Å²) in [6, 6.07) is 1.72. The molecule has 1 N–H and O–H groups in total. The minimum Gasteiger partial charge on any atom is -0.437 e. The highest BCUT2D eigenvalue weighted by molar-refractivity contribution is 6.30. The number of carbonyl (C=O) groups excluding carboxylic acids is 1. The monoisotopic (exact) mass is 385 g/mol. The number of hydrogen-bond donors (Lipinski definition) is 1. The quantitative estimate of drug-likeness (QED) is 0.474. The lowest BCUT2D eigenvalue weighted by atomic mass is 9.82. The largest absolute Gasteiger partial charge is 0.513 e. The minimum absolute atomic E-state index is 0.0178. The van der Waals surface area contributed by atoms with Crippen LogP contribution in [-0.4, -0.2) is 35.2 Å². The predicted octanol–water partition coefficient (Wildman–Crippen LogP) is 2.98. The van der Waals surface area contributed by atoms with Crippen molar-refractivity contribution in [3.05, 3.63) is 60.5 Å². The van der Waals surface area contributed by atoms with Gasteiger partial charge in [0.25, 0.3) is 5.69 Å². The van der Waals surface area contributed by atoms with E-state index in [1.54, 1.807) is 13.8 Å². The molecular formula is C15H16ClN3O7. The van der Waals surface area contributed by atoms with Crippen LogP contribution in [0.25, 0.3) is 0 Å². The summed E-state index contributed by atoms with van der Waals surface area (Å²) in [5.41, 5.74) is -0.0461. The predicted molar refractivity (Wildman–Crippen MR) is 90.4 cm³/mol. The van der Waals surface area contributed by atoms with Crippen molar-refractivity contribution in [1.82, 2.24) is 5.32 Å². The fraction of sp³-hybridized carbons (Fsp3) is 0.400. The molecule has 0 saturated heterocycles. The molecule has 0 aliphatic carbocycles. The van der Waals surface area contributed by atoms with Crippen LogP contribution in [0.2, 0.25) is 5.02 Å². The Morgan fingerprint density at radius 1 is 1.31 bits per heavy atom. The van der Waals surface area contributed by atoms with Crippen LogP contribution in [0, 0.1) is 20.2 Å². The summed E-state index contributed by atoms with van der Waals surface area (Å²) >= 11 is 5.96. The number of benzene rings is 1. The van der Waals surface area contributed by atoms with Crippen LogP contribution >= 0.6 is 11.6 Å². The Kier molecular flexibility index (Phi) is 5.66. The minimum atomic E-state index is -1.34. The standard InChI is InChI=1S/C15H16ClN3O7/c1-7-13(19(23)24)12(14(8(2)17-7)26-15(20)25-3)10-6-9(16)4-5-11(10)18(21)22/h4-7,12-13,17H,1-3H3. The van der Waals surface area contributed by atoms with E-state index in [0.29, 0.717) is 5.70 Å². The maximum absolute atomic E-state index is 11.7. The fourth-order valence-electron chi connectivity index (χ4n) is 3.02. The van der Waals surface area contributed by atoms with Crippen LogP contribution in [0.4, 0.5) is 10.5 Å². The van der Waals surface area contributed by atoms with Gasteiger partial charge in [0.15, 0.2) is 0 Å². The first kappa shape index (κ1) is 19.4. The zero-order valence-corrected chi connectivity index (χ0v) is 14.9. The average Bonchev–Trinajstić information content (AvgIpc) is 2.55. The van der Waals surface area contributed by atoms with E-state index in [1.807, 2.05) is 0 Å². The van der Waals surface area contributed by atoms with Crippen molar-refractivity contribution in [3.63, 3.8) is 0 Å². The zero-order valence-electron chi connectivity index (χ0n) is 14.1. The lowest BCUT2D eigenvalue weighted by molar-refractivity contribution is -0.530. The molecule has 10 nitrogen and oxygen atoms in total. The van der Waals surface area contributed by atoms with E-state index in [0.717, 1.165) is 13.2 Å². The smallest absolute Gasteiger partial charge is 0.437 e. The molecule has 140 valence electrons. The Morgan fingerprint density at radius 3 is 2.50 bits per heavy atom. The molecule has 1 aliphatic heterocycles. The number of rotatable bonds is 4. The molecule has 2 rings (SSSR count). The Bertz CT molecular complexity index is 795. The van der Waals surface area contributed by atoms with Crippen LogP contribution in [0.1, 0.15) is 25.3 Å². The van der Waals surface area contributed by atoms with E-state index >= 15 is 0 Å². The number of hydrogen-bond acceptors (Lipinski definition) is 8. The number of allylic oxidation sites excluding steroid dienone is 1. The summed E-state index contributed by atoms with van der Waals surface area (Å²) < 4.78 is 9.57. The van der Waals surface area contributed by atoms with Crippen LogP contribution in [0.5, 0.6) is 0 Å². The molecule has 3 unspecified atom stereocenters. The third kappa shape index (κ3) is 3.69. The highest BCUT2D eigenvalue weighted by Gasteiger charge is 2.48. The molecule has 1 aromatic rings. The molecule has 11 heteroatoms. The van der Waals surface area contributed by atoms with Crippen LogP contribution < -0.4 is 5.32 Å². The van der Waals surface area contributed by atoms with Crippen molar-refractivity contribution in [1.29, 1.82) is 0 Å². The molecule has 0 bridgehead atoms. The van der Waals surface area contributed by atoms with Crippen molar-refractivity contribution in [3.8, 4) is 0 Å². The number of nitrogens with one attached hydrogen (secondary N) is 1. The van der Waals surface area contributed by atoms with E-state index in [2.05, 4.69) is 10.1 Å². The van der Waals surface area contributed by atoms with Gasteiger partial charge in [0.05, 0.1) is 18.1 Å². The molecule has 1 aromatic carbocycles. The Balaban J connectivity index is 2.73. The summed E-state index contributed by atoms with van der Waals surface area (Å²) in [6.45, 7) is 3.11. The molecule has 0 amide bonds. The summed E-state index contributed by atoms with van der Waals surface area (Å²) in [5, 5.41) is 26.1. The van der Waals surface area contributed by atoms with Crippen LogP contribution in [0.3, 0.4) is 0 Å². The number of methoxy groups -OCH3 is 1. The lowest BCUT2D eigenvalue weighted by Gasteiger charge is -2.33. The highest BCUT2D eigenvalue weighted by atomic mass is 35.5. The van der Waals surface area contributed by atoms with Gasteiger partial charge in [-0.05, 0) is 26.0 Å². The third-order valence-electron chi connectivity index (χ3n) is 4.07. The molecule has 1 heterocycles. The van der Waals surface area contributed by atoms with E-state index < -0.39 is 34.0 Å². The molecule has 0 aromatic heterocycles. The first-order chi connectivity index (χ1) is 12.2. The van der Waals surface area contributed by atoms with Crippen molar-refractivity contribution in [2.75, 3.05) is 7.11 Å². The number of carbonyl (C=O) groups is 1. The van der Waals surface area contributed by atoms with Gasteiger partial charge in [0, 0.05) is 27.3 Å².